The molecule has 0 aliphatic rings. The maximum absolute atomic E-state index is 5.23. The van der Waals surface area contributed by atoms with Gasteiger partial charge in [-0.3, -0.25) is 4.90 Å². The van der Waals surface area contributed by atoms with Gasteiger partial charge >= 0.3 is 0 Å². The van der Waals surface area contributed by atoms with Gasteiger partial charge in [-0.05, 0) is 37.2 Å². The molecule has 1 aromatic rings. The third kappa shape index (κ3) is 5.62. The lowest BCUT2D eigenvalue weighted by molar-refractivity contribution is 0.184. The van der Waals surface area contributed by atoms with Crippen LogP contribution in [0.15, 0.2) is 24.3 Å². The van der Waals surface area contributed by atoms with Crippen molar-refractivity contribution in [2.24, 2.45) is 0 Å². The maximum Gasteiger partial charge on any atom is 0.0663 e. The molecule has 1 aromatic carbocycles. The van der Waals surface area contributed by atoms with Crippen LogP contribution in [0.1, 0.15) is 32.8 Å². The predicted molar refractivity (Wildman–Crippen MR) is 82.6 cm³/mol. The number of methoxy groups -OCH3 is 1. The average Bonchev–Trinajstić information content (AvgIpc) is 2.44. The van der Waals surface area contributed by atoms with Gasteiger partial charge in [0, 0.05) is 25.4 Å². The Morgan fingerprint density at radius 2 is 1.95 bits per heavy atom. The van der Waals surface area contributed by atoms with Crippen LogP contribution in [-0.2, 0) is 11.3 Å². The van der Waals surface area contributed by atoms with Gasteiger partial charge < -0.3 is 10.1 Å². The van der Waals surface area contributed by atoms with Gasteiger partial charge in [-0.15, -0.1) is 0 Å². The Balaban J connectivity index is 2.65. The van der Waals surface area contributed by atoms with E-state index in [9.17, 15) is 0 Å². The summed E-state index contributed by atoms with van der Waals surface area (Å²) in [5, 5.41) is 3.54. The first-order valence-corrected chi connectivity index (χ1v) is 7.30. The van der Waals surface area contributed by atoms with E-state index >= 15 is 0 Å². The molecular weight excluding hydrogens is 236 g/mol. The number of hydrogen-bond donors (Lipinski definition) is 1. The Kier molecular flexibility index (Phi) is 7.53. The van der Waals surface area contributed by atoms with E-state index in [2.05, 4.69) is 55.3 Å². The zero-order chi connectivity index (χ0) is 14.1. The number of nitrogens with one attached hydrogen (secondary N) is 1. The highest BCUT2D eigenvalue weighted by Gasteiger charge is 2.06. The molecule has 0 heterocycles. The summed E-state index contributed by atoms with van der Waals surface area (Å²) in [7, 11) is 1.75. The fraction of sp³-hybridized carbons (Fsp3) is 0.625. The van der Waals surface area contributed by atoms with E-state index < -0.39 is 0 Å². The van der Waals surface area contributed by atoms with Crippen LogP contribution in [0, 0.1) is 0 Å². The van der Waals surface area contributed by atoms with Crippen LogP contribution in [0.25, 0.3) is 0 Å². The normalized spacial score (nSPS) is 12.7. The summed E-state index contributed by atoms with van der Waals surface area (Å²) in [6.07, 6.45) is 1.06. The third-order valence-corrected chi connectivity index (χ3v) is 3.46. The smallest absolute Gasteiger partial charge is 0.0663 e. The van der Waals surface area contributed by atoms with Crippen molar-refractivity contribution < 1.29 is 4.74 Å². The molecule has 0 spiro atoms. The zero-order valence-electron chi connectivity index (χ0n) is 12.8. The largest absolute Gasteiger partial charge is 0.383 e. The van der Waals surface area contributed by atoms with Gasteiger partial charge in [0.2, 0.25) is 0 Å². The number of anilines is 1. The first-order chi connectivity index (χ1) is 9.23. The molecule has 0 saturated carbocycles. The fourth-order valence-corrected chi connectivity index (χ4v) is 2.16. The highest BCUT2D eigenvalue weighted by atomic mass is 16.5. The van der Waals surface area contributed by atoms with E-state index in [1.54, 1.807) is 7.11 Å². The molecule has 1 N–H and O–H groups in total. The van der Waals surface area contributed by atoms with Crippen molar-refractivity contribution in [1.29, 1.82) is 0 Å². The number of hydrogen-bond acceptors (Lipinski definition) is 3. The molecular formula is C16H28N2O. The molecule has 0 aromatic heterocycles. The number of benzene rings is 1. The van der Waals surface area contributed by atoms with Crippen LogP contribution in [0.3, 0.4) is 0 Å². The van der Waals surface area contributed by atoms with Crippen LogP contribution < -0.4 is 5.32 Å². The summed E-state index contributed by atoms with van der Waals surface area (Å²) in [6, 6.07) is 9.08. The molecule has 3 heteroatoms. The van der Waals surface area contributed by atoms with E-state index in [4.69, 9.17) is 4.74 Å². The second-order valence-electron chi connectivity index (χ2n) is 4.87. The van der Waals surface area contributed by atoms with Crippen molar-refractivity contribution in [2.75, 3.05) is 32.1 Å². The van der Waals surface area contributed by atoms with Crippen LogP contribution in [0.5, 0.6) is 0 Å². The van der Waals surface area contributed by atoms with Crippen molar-refractivity contribution in [3.8, 4) is 0 Å². The van der Waals surface area contributed by atoms with Crippen molar-refractivity contribution >= 4 is 5.69 Å². The molecule has 1 unspecified atom stereocenters. The first kappa shape index (κ1) is 16.0. The quantitative estimate of drug-likeness (QED) is 0.740. The Labute approximate surface area is 118 Å². The molecule has 1 atom stereocenters. The molecule has 0 saturated heterocycles. The van der Waals surface area contributed by atoms with E-state index in [0.717, 1.165) is 32.7 Å². The third-order valence-electron chi connectivity index (χ3n) is 3.46. The van der Waals surface area contributed by atoms with Crippen LogP contribution >= 0.6 is 0 Å². The zero-order valence-corrected chi connectivity index (χ0v) is 12.8. The highest BCUT2D eigenvalue weighted by Crippen LogP contribution is 2.14. The van der Waals surface area contributed by atoms with Gasteiger partial charge in [-0.1, -0.05) is 32.9 Å². The predicted octanol–water partition coefficient (Wildman–Crippen LogP) is 3.37. The molecule has 0 radical (unpaired) electrons. The minimum atomic E-state index is 0.383. The van der Waals surface area contributed by atoms with Crippen molar-refractivity contribution in [1.82, 2.24) is 4.90 Å². The van der Waals surface area contributed by atoms with Crippen LogP contribution in [0.4, 0.5) is 5.69 Å². The first-order valence-electron chi connectivity index (χ1n) is 7.30. The molecule has 1 rings (SSSR count). The lowest BCUT2D eigenvalue weighted by atomic mass is 10.1. The fourth-order valence-electron chi connectivity index (χ4n) is 2.16. The summed E-state index contributed by atoms with van der Waals surface area (Å²) in [6.45, 7) is 10.5. The molecule has 0 aliphatic heterocycles. The maximum atomic E-state index is 5.23. The standard InChI is InChI=1S/C16H28N2O/c1-5-15(13-19-4)17-16-10-8-9-14(11-16)12-18(6-2)7-3/h8-11,15,17H,5-7,12-13H2,1-4H3. The van der Waals surface area contributed by atoms with Gasteiger partial charge in [0.25, 0.3) is 0 Å². The molecule has 0 aliphatic carbocycles. The van der Waals surface area contributed by atoms with E-state index in [1.807, 2.05) is 0 Å². The van der Waals surface area contributed by atoms with Crippen molar-refractivity contribution in [2.45, 2.75) is 39.8 Å². The number of nitrogens with zero attached hydrogens (tertiary/aromatic N) is 1. The van der Waals surface area contributed by atoms with E-state index in [-0.39, 0.29) is 0 Å². The van der Waals surface area contributed by atoms with E-state index in [1.165, 1.54) is 11.3 Å². The molecule has 3 nitrogen and oxygen atoms in total. The summed E-state index contributed by atoms with van der Waals surface area (Å²) in [5.41, 5.74) is 2.55. The van der Waals surface area contributed by atoms with Gasteiger partial charge in [-0.2, -0.15) is 0 Å². The highest BCUT2D eigenvalue weighted by molar-refractivity contribution is 5.46. The lowest BCUT2D eigenvalue weighted by Crippen LogP contribution is -2.24. The Hall–Kier alpha value is -1.06. The molecule has 0 fully saturated rings. The average molecular weight is 264 g/mol. The monoisotopic (exact) mass is 264 g/mol. The van der Waals surface area contributed by atoms with Crippen molar-refractivity contribution in [3.63, 3.8) is 0 Å². The van der Waals surface area contributed by atoms with Gasteiger partial charge in [0.05, 0.1) is 6.61 Å². The molecule has 19 heavy (non-hydrogen) atoms. The summed E-state index contributed by atoms with van der Waals surface area (Å²) < 4.78 is 5.23. The van der Waals surface area contributed by atoms with Crippen LogP contribution in [0.2, 0.25) is 0 Å². The van der Waals surface area contributed by atoms with Gasteiger partial charge in [0.1, 0.15) is 0 Å². The second-order valence-corrected chi connectivity index (χ2v) is 4.87. The Morgan fingerprint density at radius 3 is 2.53 bits per heavy atom. The summed E-state index contributed by atoms with van der Waals surface area (Å²) in [4.78, 5) is 2.42. The number of ether oxygens (including phenoxy) is 1. The Morgan fingerprint density at radius 1 is 1.21 bits per heavy atom. The minimum Gasteiger partial charge on any atom is -0.383 e. The lowest BCUT2D eigenvalue weighted by Gasteiger charge is -2.20. The number of rotatable bonds is 9. The Bertz CT molecular complexity index is 350. The second kappa shape index (κ2) is 8.94. The van der Waals surface area contributed by atoms with Gasteiger partial charge in [0.15, 0.2) is 0 Å². The summed E-state index contributed by atoms with van der Waals surface area (Å²) >= 11 is 0. The van der Waals surface area contributed by atoms with Crippen molar-refractivity contribution in [3.05, 3.63) is 29.8 Å². The van der Waals surface area contributed by atoms with E-state index in [0.29, 0.717) is 6.04 Å². The molecule has 0 bridgehead atoms. The molecule has 0 amide bonds. The SMILES string of the molecule is CCC(COC)Nc1cccc(CN(CC)CC)c1. The summed E-state index contributed by atoms with van der Waals surface area (Å²) in [5.74, 6) is 0. The van der Waals surface area contributed by atoms with Crippen LogP contribution in [-0.4, -0.2) is 37.7 Å². The molecule has 108 valence electrons. The minimum absolute atomic E-state index is 0.383. The van der Waals surface area contributed by atoms with Gasteiger partial charge in [-0.25, -0.2) is 0 Å². The topological polar surface area (TPSA) is 24.5 Å².